The molecule has 0 bridgehead atoms. The van der Waals surface area contributed by atoms with E-state index in [0.29, 0.717) is 24.5 Å². The number of carbonyl (C=O) groups is 1. The zero-order valence-corrected chi connectivity index (χ0v) is 21.8. The molecule has 0 aliphatic carbocycles. The molecule has 0 fully saturated rings. The van der Waals surface area contributed by atoms with Crippen LogP contribution in [0, 0.1) is 5.82 Å². The fraction of sp³-hybridized carbons (Fsp3) is 0.300. The van der Waals surface area contributed by atoms with Gasteiger partial charge >= 0.3 is 5.97 Å². The summed E-state index contributed by atoms with van der Waals surface area (Å²) in [6.07, 6.45) is -0.444. The second kappa shape index (κ2) is 12.7. The fourth-order valence-corrected chi connectivity index (χ4v) is 4.31. The van der Waals surface area contributed by atoms with Gasteiger partial charge in [-0.1, -0.05) is 24.3 Å². The number of esters is 1. The van der Waals surface area contributed by atoms with Gasteiger partial charge < -0.3 is 29.1 Å². The number of hydrogen-bond donors (Lipinski definition) is 1. The molecule has 200 valence electrons. The number of hydrogen-bond acceptors (Lipinski definition) is 7. The third-order valence-electron chi connectivity index (χ3n) is 5.98. The first-order valence-electron chi connectivity index (χ1n) is 12.3. The van der Waals surface area contributed by atoms with Crippen molar-refractivity contribution in [1.29, 1.82) is 0 Å². The molecule has 3 aromatic carbocycles. The van der Waals surface area contributed by atoms with Crippen LogP contribution in [0.1, 0.15) is 29.4 Å². The molecule has 0 radical (unpaired) electrons. The molecule has 0 amide bonds. The van der Waals surface area contributed by atoms with Crippen molar-refractivity contribution in [3.8, 4) is 16.9 Å². The van der Waals surface area contributed by atoms with Crippen molar-refractivity contribution in [2.45, 2.75) is 39.2 Å². The van der Waals surface area contributed by atoms with Gasteiger partial charge in [-0.05, 0) is 53.9 Å². The van der Waals surface area contributed by atoms with Gasteiger partial charge in [0.2, 0.25) is 0 Å². The first kappa shape index (κ1) is 27.3. The number of ether oxygens (including phenoxy) is 4. The summed E-state index contributed by atoms with van der Waals surface area (Å²) in [4.78, 5) is 12.4. The van der Waals surface area contributed by atoms with Crippen LogP contribution < -0.4 is 10.5 Å². The van der Waals surface area contributed by atoms with E-state index < -0.39 is 17.9 Å². The van der Waals surface area contributed by atoms with E-state index in [2.05, 4.69) is 0 Å². The van der Waals surface area contributed by atoms with Crippen LogP contribution >= 0.6 is 0 Å². The molecule has 1 unspecified atom stereocenters. The average Bonchev–Trinajstić information content (AvgIpc) is 3.31. The van der Waals surface area contributed by atoms with E-state index >= 15 is 0 Å². The highest BCUT2D eigenvalue weighted by atomic mass is 19.1. The average molecular weight is 522 g/mol. The molecule has 0 saturated carbocycles. The lowest BCUT2D eigenvalue weighted by atomic mass is 9.99. The van der Waals surface area contributed by atoms with Crippen molar-refractivity contribution in [2.24, 2.45) is 5.73 Å². The lowest BCUT2D eigenvalue weighted by Gasteiger charge is -2.15. The third kappa shape index (κ3) is 6.77. The van der Waals surface area contributed by atoms with E-state index in [4.69, 9.17) is 29.1 Å². The SMILES string of the molecule is COCc1cc2cc(COc3cc(F)ccc3CC(=O)OC(C)COC)cc(-c3cccc(CN)c3)c2o1. The molecule has 8 heteroatoms. The first-order chi connectivity index (χ1) is 18.4. The Hall–Kier alpha value is -3.72. The number of furan rings is 1. The number of methoxy groups -OCH3 is 2. The van der Waals surface area contributed by atoms with Crippen LogP contribution in [0.5, 0.6) is 5.75 Å². The molecule has 4 rings (SSSR count). The molecule has 1 atom stereocenters. The predicted molar refractivity (Wildman–Crippen MR) is 142 cm³/mol. The second-order valence-corrected chi connectivity index (χ2v) is 9.09. The number of carbonyl (C=O) groups excluding carboxylic acids is 1. The quantitative estimate of drug-likeness (QED) is 0.245. The van der Waals surface area contributed by atoms with E-state index in [1.54, 1.807) is 14.0 Å². The molecule has 0 spiro atoms. The Labute approximate surface area is 221 Å². The maximum Gasteiger partial charge on any atom is 0.310 e. The van der Waals surface area contributed by atoms with Gasteiger partial charge in [0.15, 0.2) is 0 Å². The molecule has 0 saturated heterocycles. The Morgan fingerprint density at radius 2 is 1.84 bits per heavy atom. The summed E-state index contributed by atoms with van der Waals surface area (Å²) in [5, 5.41) is 0.890. The van der Waals surface area contributed by atoms with Crippen LogP contribution in [0.25, 0.3) is 22.1 Å². The molecule has 0 aliphatic rings. The minimum atomic E-state index is -0.460. The monoisotopic (exact) mass is 521 g/mol. The number of fused-ring (bicyclic) bond motifs is 1. The van der Waals surface area contributed by atoms with Crippen LogP contribution in [0.3, 0.4) is 0 Å². The van der Waals surface area contributed by atoms with Gasteiger partial charge in [-0.25, -0.2) is 4.39 Å². The summed E-state index contributed by atoms with van der Waals surface area (Å²) in [5.74, 6) is 0.0723. The van der Waals surface area contributed by atoms with Gasteiger partial charge in [-0.3, -0.25) is 4.79 Å². The molecule has 38 heavy (non-hydrogen) atoms. The van der Waals surface area contributed by atoms with Crippen molar-refractivity contribution in [1.82, 2.24) is 0 Å². The van der Waals surface area contributed by atoms with Crippen molar-refractivity contribution in [3.63, 3.8) is 0 Å². The molecule has 1 heterocycles. The first-order valence-corrected chi connectivity index (χ1v) is 12.3. The van der Waals surface area contributed by atoms with Crippen LogP contribution in [-0.4, -0.2) is 32.9 Å². The summed E-state index contributed by atoms with van der Waals surface area (Å²) in [7, 11) is 3.15. The predicted octanol–water partition coefficient (Wildman–Crippen LogP) is 5.54. The minimum absolute atomic E-state index is 0.0536. The van der Waals surface area contributed by atoms with Crippen LogP contribution in [0.2, 0.25) is 0 Å². The smallest absolute Gasteiger partial charge is 0.310 e. The van der Waals surface area contributed by atoms with Gasteiger partial charge in [0.1, 0.15) is 42.2 Å². The highest BCUT2D eigenvalue weighted by molar-refractivity contribution is 5.93. The second-order valence-electron chi connectivity index (χ2n) is 9.09. The summed E-state index contributed by atoms with van der Waals surface area (Å²) in [5.41, 5.74) is 10.8. The molecule has 2 N–H and O–H groups in total. The van der Waals surface area contributed by atoms with E-state index in [9.17, 15) is 9.18 Å². The van der Waals surface area contributed by atoms with Gasteiger partial charge in [0.05, 0.1) is 13.0 Å². The molecular weight excluding hydrogens is 489 g/mol. The number of rotatable bonds is 12. The normalized spacial score (nSPS) is 12.0. The number of nitrogens with two attached hydrogens (primary N) is 1. The summed E-state index contributed by atoms with van der Waals surface area (Å²) >= 11 is 0. The van der Waals surface area contributed by atoms with Gasteiger partial charge in [-0.2, -0.15) is 0 Å². The van der Waals surface area contributed by atoms with E-state index in [-0.39, 0.29) is 25.4 Å². The third-order valence-corrected chi connectivity index (χ3v) is 5.98. The van der Waals surface area contributed by atoms with Crippen molar-refractivity contribution < 1.29 is 32.5 Å². The van der Waals surface area contributed by atoms with Crippen molar-refractivity contribution in [2.75, 3.05) is 20.8 Å². The summed E-state index contributed by atoms with van der Waals surface area (Å²) < 4.78 is 41.9. The Balaban J connectivity index is 1.62. The van der Waals surface area contributed by atoms with Crippen LogP contribution in [-0.2, 0) is 45.2 Å². The number of halogens is 1. The Morgan fingerprint density at radius 1 is 1.00 bits per heavy atom. The molecule has 0 aliphatic heterocycles. The molecule has 4 aromatic rings. The largest absolute Gasteiger partial charge is 0.488 e. The zero-order chi connectivity index (χ0) is 27.1. The Kier molecular flexibility index (Phi) is 9.12. The lowest BCUT2D eigenvalue weighted by molar-refractivity contribution is -0.149. The Bertz CT molecular complexity index is 1400. The van der Waals surface area contributed by atoms with Crippen molar-refractivity contribution >= 4 is 16.9 Å². The van der Waals surface area contributed by atoms with Gasteiger partial charge in [0, 0.05) is 43.3 Å². The minimum Gasteiger partial charge on any atom is -0.488 e. The topological polar surface area (TPSA) is 93.2 Å². The molecule has 7 nitrogen and oxygen atoms in total. The maximum atomic E-state index is 14.1. The van der Waals surface area contributed by atoms with Crippen LogP contribution in [0.15, 0.2) is 65.1 Å². The summed E-state index contributed by atoms with van der Waals surface area (Å²) in [6.45, 7) is 2.94. The fourth-order valence-electron chi connectivity index (χ4n) is 4.31. The Morgan fingerprint density at radius 3 is 2.61 bits per heavy atom. The van der Waals surface area contributed by atoms with Gasteiger partial charge in [-0.15, -0.1) is 0 Å². The maximum absolute atomic E-state index is 14.1. The molecular formula is C30H32FNO6. The lowest BCUT2D eigenvalue weighted by Crippen LogP contribution is -2.21. The van der Waals surface area contributed by atoms with E-state index in [1.807, 2.05) is 42.5 Å². The van der Waals surface area contributed by atoms with Crippen molar-refractivity contribution in [3.05, 3.63) is 88.9 Å². The van der Waals surface area contributed by atoms with E-state index in [0.717, 1.165) is 33.2 Å². The number of benzene rings is 3. The highest BCUT2D eigenvalue weighted by Crippen LogP contribution is 2.34. The molecule has 1 aromatic heterocycles. The van der Waals surface area contributed by atoms with E-state index in [1.165, 1.54) is 25.3 Å². The van der Waals surface area contributed by atoms with Crippen LogP contribution in [0.4, 0.5) is 4.39 Å². The highest BCUT2D eigenvalue weighted by Gasteiger charge is 2.16. The standard InChI is InChI=1S/C30H32FNO6/c1-19(16-34-2)37-29(33)13-23-7-8-25(31)14-28(23)36-17-21-10-24-12-26(18-35-3)38-30(24)27(11-21)22-6-4-5-20(9-22)15-32/h4-12,14,19H,13,15-18,32H2,1-3H3. The van der Waals surface area contributed by atoms with Gasteiger partial charge in [0.25, 0.3) is 0 Å². The summed E-state index contributed by atoms with van der Waals surface area (Å²) in [6, 6.07) is 17.9. The zero-order valence-electron chi connectivity index (χ0n) is 21.8.